The lowest BCUT2D eigenvalue weighted by Gasteiger charge is -2.14. The second-order valence-electron chi connectivity index (χ2n) is 4.90. The second-order valence-corrected chi connectivity index (χ2v) is 4.90. The van der Waals surface area contributed by atoms with Gasteiger partial charge < -0.3 is 0 Å². The molecule has 0 fully saturated rings. The smallest absolute Gasteiger partial charge is 0.0417 e. The van der Waals surface area contributed by atoms with Gasteiger partial charge in [0.05, 0.1) is 0 Å². The molecule has 0 rings (SSSR count). The van der Waals surface area contributed by atoms with Crippen LogP contribution in [0.25, 0.3) is 0 Å². The highest BCUT2D eigenvalue weighted by molar-refractivity contribution is 5.61. The Hall–Kier alpha value is -0.590. The molecule has 0 amide bonds. The fraction of sp³-hybridized carbons (Fsp3) is 0.769. The van der Waals surface area contributed by atoms with Crippen LogP contribution in [0.15, 0.2) is 16.3 Å². The van der Waals surface area contributed by atoms with Gasteiger partial charge in [0.1, 0.15) is 0 Å². The van der Waals surface area contributed by atoms with E-state index >= 15 is 0 Å². The van der Waals surface area contributed by atoms with E-state index in [1.807, 2.05) is 6.21 Å². The summed E-state index contributed by atoms with van der Waals surface area (Å²) in [4.78, 5) is 4.60. The predicted molar refractivity (Wildman–Crippen MR) is 65.7 cm³/mol. The molecule has 0 spiro atoms. The Morgan fingerprint density at radius 1 is 0.929 bits per heavy atom. The van der Waals surface area contributed by atoms with Crippen molar-refractivity contribution in [3.05, 3.63) is 11.3 Å². The van der Waals surface area contributed by atoms with E-state index in [1.54, 1.807) is 0 Å². The van der Waals surface area contributed by atoms with Gasteiger partial charge in [-0.3, -0.25) is 4.99 Å². The molecule has 0 heterocycles. The molecule has 0 aliphatic heterocycles. The van der Waals surface area contributed by atoms with Gasteiger partial charge in [0.15, 0.2) is 0 Å². The van der Waals surface area contributed by atoms with E-state index in [1.165, 1.54) is 11.3 Å². The average molecular weight is 195 g/mol. The van der Waals surface area contributed by atoms with E-state index in [2.05, 4.69) is 53.5 Å². The Kier molecular flexibility index (Phi) is 5.75. The minimum Gasteiger partial charge on any atom is -0.265 e. The third-order valence-electron chi connectivity index (χ3n) is 2.33. The largest absolute Gasteiger partial charge is 0.265 e. The summed E-state index contributed by atoms with van der Waals surface area (Å²) in [5.74, 6) is 1.65. The van der Waals surface area contributed by atoms with Crippen LogP contribution in [0.5, 0.6) is 0 Å². The molecule has 0 aromatic heterocycles. The van der Waals surface area contributed by atoms with Gasteiger partial charge in [0.2, 0.25) is 0 Å². The van der Waals surface area contributed by atoms with Crippen molar-refractivity contribution >= 4 is 6.21 Å². The number of aliphatic imine (C=N–C) groups is 1. The zero-order valence-electron chi connectivity index (χ0n) is 10.8. The van der Waals surface area contributed by atoms with Crippen molar-refractivity contribution in [1.29, 1.82) is 0 Å². The highest BCUT2D eigenvalue weighted by Crippen LogP contribution is 2.21. The molecule has 0 unspecified atom stereocenters. The molecule has 0 aromatic carbocycles. The lowest BCUT2D eigenvalue weighted by Crippen LogP contribution is -2.02. The topological polar surface area (TPSA) is 12.4 Å². The number of allylic oxidation sites excluding steroid dienone is 2. The van der Waals surface area contributed by atoms with E-state index in [9.17, 15) is 0 Å². The molecule has 0 aliphatic carbocycles. The fourth-order valence-electron chi connectivity index (χ4n) is 1.23. The normalized spacial score (nSPS) is 14.7. The Balaban J connectivity index is 4.86. The van der Waals surface area contributed by atoms with Crippen molar-refractivity contribution in [2.45, 2.75) is 48.5 Å². The van der Waals surface area contributed by atoms with Crippen LogP contribution in [0, 0.1) is 17.8 Å². The van der Waals surface area contributed by atoms with Gasteiger partial charge in [0, 0.05) is 11.9 Å². The number of rotatable bonds is 4. The molecule has 0 radical (unpaired) electrons. The first-order chi connectivity index (χ1) is 6.36. The molecule has 82 valence electrons. The van der Waals surface area contributed by atoms with Gasteiger partial charge in [0.25, 0.3) is 0 Å². The predicted octanol–water partition coefficient (Wildman–Crippen LogP) is 4.30. The third-order valence-corrected chi connectivity index (χ3v) is 2.33. The van der Waals surface area contributed by atoms with Crippen molar-refractivity contribution < 1.29 is 0 Å². The molecule has 0 saturated carbocycles. The summed E-state index contributed by atoms with van der Waals surface area (Å²) in [7, 11) is 0. The van der Waals surface area contributed by atoms with Crippen molar-refractivity contribution in [1.82, 2.24) is 0 Å². The van der Waals surface area contributed by atoms with Crippen LogP contribution < -0.4 is 0 Å². The summed E-state index contributed by atoms with van der Waals surface area (Å²) in [6.07, 6.45) is 2.04. The molecule has 0 atom stereocenters. The van der Waals surface area contributed by atoms with Crippen molar-refractivity contribution in [3.63, 3.8) is 0 Å². The van der Waals surface area contributed by atoms with Gasteiger partial charge in [-0.15, -0.1) is 0 Å². The number of hydrogen-bond acceptors (Lipinski definition) is 1. The summed E-state index contributed by atoms with van der Waals surface area (Å²) in [5, 5.41) is 0. The standard InChI is InChI=1S/C13H25N/c1-9(2)8-14-13(11(5)6)12(7)10(3)4/h8-11H,1-7H3/b13-12+,14-8-. The van der Waals surface area contributed by atoms with Gasteiger partial charge >= 0.3 is 0 Å². The molecule has 1 heteroatoms. The Bertz CT molecular complexity index is 219. The number of hydrogen-bond donors (Lipinski definition) is 0. The van der Waals surface area contributed by atoms with Crippen LogP contribution >= 0.6 is 0 Å². The molecule has 0 aromatic rings. The van der Waals surface area contributed by atoms with E-state index in [0.717, 1.165) is 0 Å². The maximum atomic E-state index is 4.60. The molecule has 0 aliphatic rings. The minimum atomic E-state index is 0.521. The Morgan fingerprint density at radius 2 is 1.43 bits per heavy atom. The number of nitrogens with zero attached hydrogens (tertiary/aromatic N) is 1. The maximum absolute atomic E-state index is 4.60. The molecular weight excluding hydrogens is 170 g/mol. The Morgan fingerprint density at radius 3 is 1.71 bits per heavy atom. The van der Waals surface area contributed by atoms with E-state index in [0.29, 0.717) is 17.8 Å². The first-order valence-corrected chi connectivity index (χ1v) is 5.61. The van der Waals surface area contributed by atoms with Crippen molar-refractivity contribution in [2.24, 2.45) is 22.7 Å². The zero-order valence-corrected chi connectivity index (χ0v) is 10.8. The van der Waals surface area contributed by atoms with Crippen LogP contribution in [-0.4, -0.2) is 6.21 Å². The lowest BCUT2D eigenvalue weighted by atomic mass is 9.97. The van der Waals surface area contributed by atoms with Crippen LogP contribution in [0.1, 0.15) is 48.5 Å². The Labute approximate surface area is 89.3 Å². The minimum absolute atomic E-state index is 0.521. The quantitative estimate of drug-likeness (QED) is 0.593. The zero-order chi connectivity index (χ0) is 11.3. The first-order valence-electron chi connectivity index (χ1n) is 5.61. The molecule has 0 bridgehead atoms. The van der Waals surface area contributed by atoms with Gasteiger partial charge in [-0.1, -0.05) is 41.5 Å². The fourth-order valence-corrected chi connectivity index (χ4v) is 1.23. The van der Waals surface area contributed by atoms with Gasteiger partial charge in [-0.2, -0.15) is 0 Å². The summed E-state index contributed by atoms with van der Waals surface area (Å²) in [6.45, 7) is 15.4. The van der Waals surface area contributed by atoms with Crippen molar-refractivity contribution in [2.75, 3.05) is 0 Å². The van der Waals surface area contributed by atoms with Gasteiger partial charge in [-0.25, -0.2) is 0 Å². The molecule has 0 N–H and O–H groups in total. The summed E-state index contributed by atoms with van der Waals surface area (Å²) in [6, 6.07) is 0. The first kappa shape index (κ1) is 13.4. The van der Waals surface area contributed by atoms with E-state index < -0.39 is 0 Å². The highest BCUT2D eigenvalue weighted by atomic mass is 14.7. The SMILES string of the molecule is C/C(=C(\N=C/C(C)C)C(C)C)C(C)C. The van der Waals surface area contributed by atoms with Crippen LogP contribution in [0.4, 0.5) is 0 Å². The monoisotopic (exact) mass is 195 g/mol. The second kappa shape index (κ2) is 6.00. The van der Waals surface area contributed by atoms with Crippen molar-refractivity contribution in [3.8, 4) is 0 Å². The maximum Gasteiger partial charge on any atom is 0.0417 e. The summed E-state index contributed by atoms with van der Waals surface area (Å²) < 4.78 is 0. The molecular formula is C13H25N. The third kappa shape index (κ3) is 4.59. The average Bonchev–Trinajstić information content (AvgIpc) is 2.02. The van der Waals surface area contributed by atoms with Gasteiger partial charge in [-0.05, 0) is 30.3 Å². The van der Waals surface area contributed by atoms with Crippen LogP contribution in [0.3, 0.4) is 0 Å². The van der Waals surface area contributed by atoms with Crippen LogP contribution in [-0.2, 0) is 0 Å². The lowest BCUT2D eigenvalue weighted by molar-refractivity contribution is 0.682. The molecule has 0 saturated heterocycles. The highest BCUT2D eigenvalue weighted by Gasteiger charge is 2.08. The van der Waals surface area contributed by atoms with E-state index in [4.69, 9.17) is 0 Å². The summed E-state index contributed by atoms with van der Waals surface area (Å²) >= 11 is 0. The summed E-state index contributed by atoms with van der Waals surface area (Å²) in [5.41, 5.74) is 2.67. The molecule has 14 heavy (non-hydrogen) atoms. The van der Waals surface area contributed by atoms with E-state index in [-0.39, 0.29) is 0 Å². The molecule has 1 nitrogen and oxygen atoms in total. The van der Waals surface area contributed by atoms with Crippen LogP contribution in [0.2, 0.25) is 0 Å².